The monoisotopic (exact) mass is 376 g/mol. The van der Waals surface area contributed by atoms with E-state index in [9.17, 15) is 9.18 Å². The Kier molecular flexibility index (Phi) is 4.66. The third-order valence-corrected chi connectivity index (χ3v) is 4.76. The Bertz CT molecular complexity index is 742. The van der Waals surface area contributed by atoms with Gasteiger partial charge in [0.15, 0.2) is 0 Å². The molecule has 5 heteroatoms. The van der Waals surface area contributed by atoms with Gasteiger partial charge in [-0.3, -0.25) is 4.79 Å². The van der Waals surface area contributed by atoms with Gasteiger partial charge < -0.3 is 10.2 Å². The van der Waals surface area contributed by atoms with Crippen molar-refractivity contribution in [2.75, 3.05) is 23.3 Å². The highest BCUT2D eigenvalue weighted by atomic mass is 79.9. The molecule has 3 rings (SSSR count). The van der Waals surface area contributed by atoms with Crippen molar-refractivity contribution in [3.63, 3.8) is 0 Å². The number of aryl methyl sites for hydroxylation is 1. The second kappa shape index (κ2) is 6.71. The lowest BCUT2D eigenvalue weighted by atomic mass is 10.1. The van der Waals surface area contributed by atoms with Gasteiger partial charge in [-0.05, 0) is 77.7 Å². The molecule has 1 amide bonds. The van der Waals surface area contributed by atoms with E-state index in [4.69, 9.17) is 0 Å². The zero-order valence-corrected chi connectivity index (χ0v) is 14.5. The summed E-state index contributed by atoms with van der Waals surface area (Å²) in [5, 5.41) is 2.89. The van der Waals surface area contributed by atoms with Crippen molar-refractivity contribution in [2.24, 2.45) is 0 Å². The fraction of sp³-hybridized carbons (Fsp3) is 0.278. The first-order valence-corrected chi connectivity index (χ1v) is 8.46. The summed E-state index contributed by atoms with van der Waals surface area (Å²) in [5.74, 6) is -0.631. The minimum Gasteiger partial charge on any atom is -0.372 e. The fourth-order valence-electron chi connectivity index (χ4n) is 2.82. The molecule has 1 heterocycles. The number of hydrogen-bond acceptors (Lipinski definition) is 2. The first-order valence-electron chi connectivity index (χ1n) is 7.66. The summed E-state index contributed by atoms with van der Waals surface area (Å²) < 4.78 is 13.6. The van der Waals surface area contributed by atoms with Crippen LogP contribution in [0.4, 0.5) is 15.8 Å². The Labute approximate surface area is 143 Å². The minimum atomic E-state index is -0.375. The van der Waals surface area contributed by atoms with Gasteiger partial charge in [-0.25, -0.2) is 4.39 Å². The van der Waals surface area contributed by atoms with Gasteiger partial charge in [0.1, 0.15) is 5.82 Å². The summed E-state index contributed by atoms with van der Waals surface area (Å²) >= 11 is 3.23. The summed E-state index contributed by atoms with van der Waals surface area (Å²) in [4.78, 5) is 14.7. The van der Waals surface area contributed by atoms with Crippen molar-refractivity contribution in [3.05, 3.63) is 57.8 Å². The second-order valence-electron chi connectivity index (χ2n) is 5.77. The molecule has 0 aromatic heterocycles. The van der Waals surface area contributed by atoms with Gasteiger partial charge in [0.2, 0.25) is 0 Å². The third kappa shape index (κ3) is 3.55. The fourth-order valence-corrected chi connectivity index (χ4v) is 3.35. The predicted molar refractivity (Wildman–Crippen MR) is 94.7 cm³/mol. The number of amides is 1. The molecule has 23 heavy (non-hydrogen) atoms. The molecule has 0 spiro atoms. The van der Waals surface area contributed by atoms with Crippen LogP contribution in [0.15, 0.2) is 40.9 Å². The van der Waals surface area contributed by atoms with Crippen LogP contribution in [-0.4, -0.2) is 19.0 Å². The van der Waals surface area contributed by atoms with Crippen LogP contribution in [0.3, 0.4) is 0 Å². The third-order valence-electron chi connectivity index (χ3n) is 4.11. The van der Waals surface area contributed by atoms with Crippen LogP contribution in [0.25, 0.3) is 0 Å². The van der Waals surface area contributed by atoms with Crippen LogP contribution in [0.1, 0.15) is 28.8 Å². The van der Waals surface area contributed by atoms with E-state index >= 15 is 0 Å². The molecule has 0 bridgehead atoms. The number of hydrogen-bond donors (Lipinski definition) is 1. The molecule has 3 nitrogen and oxygen atoms in total. The van der Waals surface area contributed by atoms with Crippen molar-refractivity contribution in [2.45, 2.75) is 19.8 Å². The molecule has 1 saturated heterocycles. The number of nitrogens with one attached hydrogen (secondary N) is 1. The molecular formula is C18H18BrFN2O. The molecule has 0 unspecified atom stereocenters. The smallest absolute Gasteiger partial charge is 0.256 e. The molecule has 2 aromatic rings. The number of carbonyl (C=O) groups excluding carboxylic acids is 1. The molecule has 1 N–H and O–H groups in total. The van der Waals surface area contributed by atoms with Crippen LogP contribution < -0.4 is 10.2 Å². The Balaban J connectivity index is 1.78. The summed E-state index contributed by atoms with van der Waals surface area (Å²) in [6.07, 6.45) is 2.46. The highest BCUT2D eigenvalue weighted by Crippen LogP contribution is 2.26. The topological polar surface area (TPSA) is 32.3 Å². The van der Waals surface area contributed by atoms with Crippen molar-refractivity contribution in [1.82, 2.24) is 0 Å². The van der Waals surface area contributed by atoms with E-state index in [1.807, 2.05) is 19.1 Å². The van der Waals surface area contributed by atoms with Gasteiger partial charge in [0, 0.05) is 28.9 Å². The van der Waals surface area contributed by atoms with Gasteiger partial charge >= 0.3 is 0 Å². The SMILES string of the molecule is Cc1cc(N2CCCC2)ccc1NC(=O)c1ccc(F)cc1Br. The van der Waals surface area contributed by atoms with Crippen LogP contribution >= 0.6 is 15.9 Å². The first kappa shape index (κ1) is 16.0. The average molecular weight is 377 g/mol. The van der Waals surface area contributed by atoms with Gasteiger partial charge in [0.25, 0.3) is 5.91 Å². The van der Waals surface area contributed by atoms with E-state index in [1.165, 1.54) is 36.7 Å². The highest BCUT2D eigenvalue weighted by Gasteiger charge is 2.15. The van der Waals surface area contributed by atoms with Gasteiger partial charge in [-0.1, -0.05) is 0 Å². The number of benzene rings is 2. The minimum absolute atomic E-state index is 0.256. The Morgan fingerprint density at radius 2 is 1.91 bits per heavy atom. The Hall–Kier alpha value is -1.88. The lowest BCUT2D eigenvalue weighted by molar-refractivity contribution is 0.102. The van der Waals surface area contributed by atoms with Crippen molar-refractivity contribution in [3.8, 4) is 0 Å². The molecule has 0 radical (unpaired) electrons. The Morgan fingerprint density at radius 3 is 2.57 bits per heavy atom. The molecular weight excluding hydrogens is 359 g/mol. The van der Waals surface area contributed by atoms with Crippen LogP contribution in [0.2, 0.25) is 0 Å². The van der Waals surface area contributed by atoms with Gasteiger partial charge in [-0.15, -0.1) is 0 Å². The lowest BCUT2D eigenvalue weighted by Crippen LogP contribution is -2.18. The number of nitrogens with zero attached hydrogens (tertiary/aromatic N) is 1. The lowest BCUT2D eigenvalue weighted by Gasteiger charge is -2.19. The number of carbonyl (C=O) groups is 1. The maximum absolute atomic E-state index is 13.1. The predicted octanol–water partition coefficient (Wildman–Crippen LogP) is 4.75. The van der Waals surface area contributed by atoms with E-state index in [0.29, 0.717) is 10.0 Å². The van der Waals surface area contributed by atoms with Crippen LogP contribution in [-0.2, 0) is 0 Å². The van der Waals surface area contributed by atoms with Crippen LogP contribution in [0.5, 0.6) is 0 Å². The largest absolute Gasteiger partial charge is 0.372 e. The maximum Gasteiger partial charge on any atom is 0.256 e. The second-order valence-corrected chi connectivity index (χ2v) is 6.63. The molecule has 1 aliphatic heterocycles. The molecule has 0 saturated carbocycles. The van der Waals surface area contributed by atoms with E-state index in [0.717, 1.165) is 24.3 Å². The summed E-state index contributed by atoms with van der Waals surface area (Å²) in [6.45, 7) is 4.16. The summed E-state index contributed by atoms with van der Waals surface area (Å²) in [6, 6.07) is 10.1. The number of anilines is 2. The van der Waals surface area contributed by atoms with Gasteiger partial charge in [-0.2, -0.15) is 0 Å². The standard InChI is InChI=1S/C18H18BrFN2O/c1-12-10-14(22-8-2-3-9-22)5-7-17(12)21-18(23)15-6-4-13(20)11-16(15)19/h4-7,10-11H,2-3,8-9H2,1H3,(H,21,23). The molecule has 1 aliphatic rings. The van der Waals surface area contributed by atoms with E-state index in [1.54, 1.807) is 0 Å². The first-order chi connectivity index (χ1) is 11.0. The molecule has 1 fully saturated rings. The average Bonchev–Trinajstić information content (AvgIpc) is 3.03. The normalized spacial score (nSPS) is 14.1. The van der Waals surface area contributed by atoms with Crippen molar-refractivity contribution < 1.29 is 9.18 Å². The Morgan fingerprint density at radius 1 is 1.17 bits per heavy atom. The quantitative estimate of drug-likeness (QED) is 0.837. The van der Waals surface area contributed by atoms with E-state index < -0.39 is 0 Å². The van der Waals surface area contributed by atoms with E-state index in [-0.39, 0.29) is 11.7 Å². The molecule has 2 aromatic carbocycles. The number of rotatable bonds is 3. The van der Waals surface area contributed by atoms with Crippen molar-refractivity contribution >= 4 is 33.2 Å². The zero-order chi connectivity index (χ0) is 16.4. The van der Waals surface area contributed by atoms with Gasteiger partial charge in [0.05, 0.1) is 5.56 Å². The molecule has 0 atom stereocenters. The molecule has 0 aliphatic carbocycles. The summed E-state index contributed by atoms with van der Waals surface area (Å²) in [7, 11) is 0. The highest BCUT2D eigenvalue weighted by molar-refractivity contribution is 9.10. The van der Waals surface area contributed by atoms with Crippen molar-refractivity contribution in [1.29, 1.82) is 0 Å². The number of halogens is 2. The maximum atomic E-state index is 13.1. The zero-order valence-electron chi connectivity index (χ0n) is 12.9. The van der Waals surface area contributed by atoms with E-state index in [2.05, 4.69) is 32.2 Å². The molecule has 120 valence electrons. The van der Waals surface area contributed by atoms with Crippen LogP contribution in [0, 0.1) is 12.7 Å². The summed E-state index contributed by atoms with van der Waals surface area (Å²) in [5.41, 5.74) is 3.39.